The van der Waals surface area contributed by atoms with Gasteiger partial charge in [-0.1, -0.05) is 29.3 Å². The van der Waals surface area contributed by atoms with Crippen LogP contribution in [0.4, 0.5) is 18.9 Å². The van der Waals surface area contributed by atoms with Crippen LogP contribution in [0.3, 0.4) is 0 Å². The molecule has 0 spiro atoms. The van der Waals surface area contributed by atoms with Crippen molar-refractivity contribution in [3.8, 4) is 5.75 Å². The van der Waals surface area contributed by atoms with Crippen LogP contribution in [-0.2, 0) is 12.9 Å². The van der Waals surface area contributed by atoms with Gasteiger partial charge in [-0.25, -0.2) is 14.2 Å². The maximum Gasteiger partial charge on any atom is 0.433 e. The Kier molecular flexibility index (Phi) is 5.75. The summed E-state index contributed by atoms with van der Waals surface area (Å²) in [6.45, 7) is 5.39. The van der Waals surface area contributed by atoms with E-state index in [-0.39, 0.29) is 34.5 Å². The number of fused-ring (bicyclic) bond motifs is 1. The summed E-state index contributed by atoms with van der Waals surface area (Å²) in [4.78, 5) is 16.7. The standard InChI is InChI=1S/C21H18ClF3N6O2/c1-11-4-5-15(12(2)6-11)33-10-30-9-14(8-26-30)28-20(32)18-17(22)19-27-13(3)7-16(21(23,24)25)31(19)29-18/h4-9H,10H2,1-3H3,(H,28,32). The van der Waals surface area contributed by atoms with Gasteiger partial charge in [-0.3, -0.25) is 4.79 Å². The molecular weight excluding hydrogens is 461 g/mol. The minimum Gasteiger partial charge on any atom is -0.471 e. The quantitative estimate of drug-likeness (QED) is 0.445. The summed E-state index contributed by atoms with van der Waals surface area (Å²) in [5, 5.41) is 10.1. The Hall–Kier alpha value is -3.60. The van der Waals surface area contributed by atoms with Gasteiger partial charge < -0.3 is 10.1 Å². The van der Waals surface area contributed by atoms with Crippen molar-refractivity contribution < 1.29 is 22.7 Å². The van der Waals surface area contributed by atoms with Gasteiger partial charge in [0, 0.05) is 5.69 Å². The molecule has 0 aliphatic carbocycles. The molecule has 0 atom stereocenters. The normalized spacial score (nSPS) is 11.7. The second kappa shape index (κ2) is 8.39. The van der Waals surface area contributed by atoms with E-state index in [1.807, 2.05) is 32.0 Å². The number of benzene rings is 1. The van der Waals surface area contributed by atoms with Crippen molar-refractivity contribution in [2.24, 2.45) is 0 Å². The van der Waals surface area contributed by atoms with Crippen LogP contribution in [0.15, 0.2) is 36.7 Å². The first-order chi connectivity index (χ1) is 15.5. The molecule has 172 valence electrons. The van der Waals surface area contributed by atoms with Crippen molar-refractivity contribution in [2.75, 3.05) is 5.32 Å². The Morgan fingerprint density at radius 3 is 2.67 bits per heavy atom. The predicted molar refractivity (Wildman–Crippen MR) is 114 cm³/mol. The van der Waals surface area contributed by atoms with Crippen LogP contribution < -0.4 is 10.1 Å². The first-order valence-electron chi connectivity index (χ1n) is 9.70. The average molecular weight is 479 g/mol. The van der Waals surface area contributed by atoms with E-state index in [0.717, 1.165) is 17.2 Å². The molecule has 0 aliphatic rings. The molecule has 0 aliphatic heterocycles. The third-order valence-electron chi connectivity index (χ3n) is 4.74. The number of amides is 1. The minimum atomic E-state index is -4.70. The molecular formula is C21H18ClF3N6O2. The highest BCUT2D eigenvalue weighted by molar-refractivity contribution is 6.37. The lowest BCUT2D eigenvalue weighted by molar-refractivity contribution is -0.142. The Morgan fingerprint density at radius 2 is 1.97 bits per heavy atom. The SMILES string of the molecule is Cc1ccc(OCn2cc(NC(=O)c3nn4c(C(F)(F)F)cc(C)nc4c3Cl)cn2)c(C)c1. The second-order valence-electron chi connectivity index (χ2n) is 7.44. The molecule has 12 heteroatoms. The number of aromatic nitrogens is 5. The van der Waals surface area contributed by atoms with Crippen molar-refractivity contribution in [1.29, 1.82) is 0 Å². The number of hydrogen-bond donors (Lipinski definition) is 1. The minimum absolute atomic E-state index is 0.0903. The zero-order valence-electron chi connectivity index (χ0n) is 17.7. The Labute approximate surface area is 190 Å². The number of carbonyl (C=O) groups is 1. The molecule has 0 saturated carbocycles. The molecule has 1 amide bonds. The van der Waals surface area contributed by atoms with E-state index in [2.05, 4.69) is 20.5 Å². The highest BCUT2D eigenvalue weighted by Gasteiger charge is 2.36. The van der Waals surface area contributed by atoms with Crippen molar-refractivity contribution >= 4 is 28.8 Å². The number of nitrogens with zero attached hydrogens (tertiary/aromatic N) is 5. The van der Waals surface area contributed by atoms with E-state index in [9.17, 15) is 18.0 Å². The van der Waals surface area contributed by atoms with E-state index in [4.69, 9.17) is 16.3 Å². The van der Waals surface area contributed by atoms with E-state index in [0.29, 0.717) is 10.3 Å². The molecule has 0 unspecified atom stereocenters. The Morgan fingerprint density at radius 1 is 1.21 bits per heavy atom. The van der Waals surface area contributed by atoms with E-state index in [1.165, 1.54) is 24.0 Å². The molecule has 8 nitrogen and oxygen atoms in total. The predicted octanol–water partition coefficient (Wildman–Crippen LogP) is 4.81. The zero-order chi connectivity index (χ0) is 23.9. The number of halogens is 4. The van der Waals surface area contributed by atoms with Gasteiger partial charge in [0.05, 0.1) is 18.1 Å². The monoisotopic (exact) mass is 478 g/mol. The smallest absolute Gasteiger partial charge is 0.433 e. The van der Waals surface area contributed by atoms with Gasteiger partial charge in [-0.2, -0.15) is 23.4 Å². The molecule has 4 aromatic rings. The number of ether oxygens (including phenoxy) is 1. The fourth-order valence-electron chi connectivity index (χ4n) is 3.25. The van der Waals surface area contributed by atoms with Gasteiger partial charge in [0.2, 0.25) is 0 Å². The van der Waals surface area contributed by atoms with E-state index < -0.39 is 17.8 Å². The third kappa shape index (κ3) is 4.63. The number of aryl methyl sites for hydroxylation is 3. The number of rotatable bonds is 5. The van der Waals surface area contributed by atoms with Gasteiger partial charge in [0.25, 0.3) is 5.91 Å². The highest BCUT2D eigenvalue weighted by Crippen LogP contribution is 2.32. The molecule has 0 fully saturated rings. The molecule has 4 rings (SSSR count). The van der Waals surface area contributed by atoms with Crippen LogP contribution in [0.25, 0.3) is 5.65 Å². The van der Waals surface area contributed by atoms with E-state index >= 15 is 0 Å². The summed E-state index contributed by atoms with van der Waals surface area (Å²) >= 11 is 6.15. The first-order valence-corrected chi connectivity index (χ1v) is 10.1. The number of nitrogens with one attached hydrogen (secondary N) is 1. The largest absolute Gasteiger partial charge is 0.471 e. The summed E-state index contributed by atoms with van der Waals surface area (Å²) in [6.07, 6.45) is -1.82. The summed E-state index contributed by atoms with van der Waals surface area (Å²) in [6, 6.07) is 6.60. The van der Waals surface area contributed by atoms with Crippen LogP contribution in [0.2, 0.25) is 5.02 Å². The van der Waals surface area contributed by atoms with Gasteiger partial charge in [-0.15, -0.1) is 0 Å². The van der Waals surface area contributed by atoms with Crippen LogP contribution in [0, 0.1) is 20.8 Å². The average Bonchev–Trinajstić information content (AvgIpc) is 3.30. The number of alkyl halides is 3. The van der Waals surface area contributed by atoms with Crippen LogP contribution in [0.1, 0.15) is 33.0 Å². The molecule has 1 aromatic carbocycles. The van der Waals surface area contributed by atoms with Gasteiger partial charge in [0.1, 0.15) is 16.5 Å². The molecule has 1 N–H and O–H groups in total. The molecule has 3 heterocycles. The lowest BCUT2D eigenvalue weighted by Gasteiger charge is -2.09. The van der Waals surface area contributed by atoms with Crippen molar-refractivity contribution in [3.63, 3.8) is 0 Å². The van der Waals surface area contributed by atoms with Gasteiger partial charge in [0.15, 0.2) is 18.1 Å². The van der Waals surface area contributed by atoms with Crippen molar-refractivity contribution in [2.45, 2.75) is 33.7 Å². The topological polar surface area (TPSA) is 86.3 Å². The summed E-state index contributed by atoms with van der Waals surface area (Å²) < 4.78 is 47.8. The number of hydrogen-bond acceptors (Lipinski definition) is 5. The lowest BCUT2D eigenvalue weighted by Crippen LogP contribution is -2.15. The van der Waals surface area contributed by atoms with Gasteiger partial charge >= 0.3 is 6.18 Å². The molecule has 33 heavy (non-hydrogen) atoms. The molecule has 3 aromatic heterocycles. The number of anilines is 1. The van der Waals surface area contributed by atoms with Crippen LogP contribution in [0.5, 0.6) is 5.75 Å². The van der Waals surface area contributed by atoms with Crippen LogP contribution >= 0.6 is 11.6 Å². The summed E-state index contributed by atoms with van der Waals surface area (Å²) in [5.41, 5.74) is 0.737. The number of carbonyl (C=O) groups excluding carboxylic acids is 1. The van der Waals surface area contributed by atoms with E-state index in [1.54, 1.807) is 0 Å². The highest BCUT2D eigenvalue weighted by atomic mass is 35.5. The zero-order valence-corrected chi connectivity index (χ0v) is 18.5. The van der Waals surface area contributed by atoms with Gasteiger partial charge in [-0.05, 0) is 38.5 Å². The first kappa shape index (κ1) is 22.6. The summed E-state index contributed by atoms with van der Waals surface area (Å²) in [5.74, 6) is -0.104. The maximum atomic E-state index is 13.4. The van der Waals surface area contributed by atoms with Crippen molar-refractivity contribution in [1.82, 2.24) is 24.4 Å². The Bertz CT molecular complexity index is 1360. The lowest BCUT2D eigenvalue weighted by atomic mass is 10.1. The molecule has 0 saturated heterocycles. The fourth-order valence-corrected chi connectivity index (χ4v) is 3.49. The molecule has 0 bridgehead atoms. The third-order valence-corrected chi connectivity index (χ3v) is 5.09. The van der Waals surface area contributed by atoms with Crippen LogP contribution in [-0.4, -0.2) is 30.3 Å². The maximum absolute atomic E-state index is 13.4. The second-order valence-corrected chi connectivity index (χ2v) is 7.82. The fraction of sp³-hybridized carbons (Fsp3) is 0.238. The summed E-state index contributed by atoms with van der Waals surface area (Å²) in [7, 11) is 0. The van der Waals surface area contributed by atoms with Crippen molar-refractivity contribution in [3.05, 3.63) is 69.9 Å². The Balaban J connectivity index is 1.52. The molecule has 0 radical (unpaired) electrons.